The summed E-state index contributed by atoms with van der Waals surface area (Å²) in [6.45, 7) is 4.73. The van der Waals surface area contributed by atoms with Crippen LogP contribution >= 0.6 is 0 Å². The van der Waals surface area contributed by atoms with Gasteiger partial charge in [0.1, 0.15) is 11.5 Å². The predicted molar refractivity (Wildman–Crippen MR) is 100 cm³/mol. The van der Waals surface area contributed by atoms with Gasteiger partial charge in [-0.15, -0.1) is 0 Å². The number of hydrogen-bond donors (Lipinski definition) is 0. The highest BCUT2D eigenvalue weighted by Crippen LogP contribution is 2.42. The van der Waals surface area contributed by atoms with Crippen molar-refractivity contribution in [2.45, 2.75) is 51.0 Å². The molecule has 25 heavy (non-hydrogen) atoms. The Morgan fingerprint density at radius 1 is 1.28 bits per heavy atom. The zero-order valence-corrected chi connectivity index (χ0v) is 15.4. The number of benzene rings is 1. The lowest BCUT2D eigenvalue weighted by atomic mass is 9.73. The normalized spacial score (nSPS) is 26.6. The number of ether oxygens (including phenoxy) is 1. The van der Waals surface area contributed by atoms with Gasteiger partial charge in [-0.2, -0.15) is 0 Å². The van der Waals surface area contributed by atoms with Crippen molar-refractivity contribution >= 4 is 0 Å². The molecule has 0 bridgehead atoms. The van der Waals surface area contributed by atoms with Crippen LogP contribution in [0.5, 0.6) is 5.75 Å². The van der Waals surface area contributed by atoms with E-state index in [1.165, 1.54) is 37.8 Å². The van der Waals surface area contributed by atoms with Gasteiger partial charge in [-0.05, 0) is 79.5 Å². The second-order valence-corrected chi connectivity index (χ2v) is 7.79. The Kier molecular flexibility index (Phi) is 4.85. The minimum Gasteiger partial charge on any atom is -0.497 e. The molecule has 0 amide bonds. The molecule has 0 N–H and O–H groups in total. The quantitative estimate of drug-likeness (QED) is 0.792. The highest BCUT2D eigenvalue weighted by molar-refractivity contribution is 5.40. The minimum atomic E-state index is 0.656. The van der Waals surface area contributed by atoms with Crippen LogP contribution in [0.1, 0.15) is 49.0 Å². The fraction of sp³-hybridized carbons (Fsp3) is 0.545. The van der Waals surface area contributed by atoms with Gasteiger partial charge in [-0.3, -0.25) is 4.90 Å². The van der Waals surface area contributed by atoms with E-state index in [0.717, 1.165) is 30.4 Å². The van der Waals surface area contributed by atoms with E-state index >= 15 is 0 Å². The van der Waals surface area contributed by atoms with Crippen molar-refractivity contribution in [3.63, 3.8) is 0 Å². The third-order valence-corrected chi connectivity index (χ3v) is 6.08. The maximum Gasteiger partial charge on any atom is 0.119 e. The number of fused-ring (bicyclic) bond motifs is 1. The Hall–Kier alpha value is -1.74. The molecular formula is C22H29NO2. The molecule has 3 heteroatoms. The van der Waals surface area contributed by atoms with E-state index in [-0.39, 0.29) is 0 Å². The van der Waals surface area contributed by atoms with Crippen LogP contribution in [0.3, 0.4) is 0 Å². The molecule has 1 fully saturated rings. The highest BCUT2D eigenvalue weighted by Gasteiger charge is 2.36. The maximum atomic E-state index is 5.53. The summed E-state index contributed by atoms with van der Waals surface area (Å²) in [5.41, 5.74) is 3.06. The van der Waals surface area contributed by atoms with Crippen molar-refractivity contribution in [1.29, 1.82) is 0 Å². The number of methoxy groups -OCH3 is 1. The van der Waals surface area contributed by atoms with Crippen molar-refractivity contribution < 1.29 is 9.15 Å². The molecule has 2 aliphatic rings. The summed E-state index contributed by atoms with van der Waals surface area (Å²) < 4.78 is 11.0. The van der Waals surface area contributed by atoms with Crippen LogP contribution < -0.4 is 4.74 Å². The van der Waals surface area contributed by atoms with Crippen molar-refractivity contribution in [3.05, 3.63) is 53.5 Å². The van der Waals surface area contributed by atoms with E-state index in [0.29, 0.717) is 12.0 Å². The first kappa shape index (κ1) is 16.7. The molecule has 3 atom stereocenters. The van der Waals surface area contributed by atoms with Crippen LogP contribution in [0.15, 0.2) is 41.0 Å². The number of hydrogen-bond acceptors (Lipinski definition) is 3. The van der Waals surface area contributed by atoms with Crippen LogP contribution in [-0.2, 0) is 12.8 Å². The summed E-state index contributed by atoms with van der Waals surface area (Å²) in [4.78, 5) is 2.71. The van der Waals surface area contributed by atoms with Gasteiger partial charge in [0.25, 0.3) is 0 Å². The van der Waals surface area contributed by atoms with Gasteiger partial charge in [0.15, 0.2) is 0 Å². The van der Waals surface area contributed by atoms with Gasteiger partial charge in [0, 0.05) is 19.0 Å². The second kappa shape index (κ2) is 7.25. The first-order valence-corrected chi connectivity index (χ1v) is 9.68. The van der Waals surface area contributed by atoms with E-state index in [9.17, 15) is 0 Å². The van der Waals surface area contributed by atoms with E-state index in [4.69, 9.17) is 9.15 Å². The molecule has 1 aromatic heterocycles. The predicted octanol–water partition coefficient (Wildman–Crippen LogP) is 4.66. The van der Waals surface area contributed by atoms with E-state index < -0.39 is 0 Å². The first-order chi connectivity index (χ1) is 12.2. The molecule has 2 aromatic rings. The third kappa shape index (κ3) is 3.48. The fourth-order valence-corrected chi connectivity index (χ4v) is 4.92. The van der Waals surface area contributed by atoms with E-state index in [1.54, 1.807) is 18.9 Å². The smallest absolute Gasteiger partial charge is 0.119 e. The van der Waals surface area contributed by atoms with Crippen molar-refractivity contribution in [1.82, 2.24) is 4.90 Å². The van der Waals surface area contributed by atoms with Gasteiger partial charge < -0.3 is 9.15 Å². The van der Waals surface area contributed by atoms with E-state index in [2.05, 4.69) is 36.1 Å². The molecule has 0 saturated carbocycles. The standard InChI is InChI=1S/C22H29NO2/c1-16-13-17-15-19(24-2)7-8-20(17)21(14-16)22-6-3-10-23(22)11-9-18-5-4-12-25-18/h4-5,7-8,12,15-16,21-22H,3,6,9-11,13-14H2,1-2H3. The van der Waals surface area contributed by atoms with Crippen molar-refractivity contribution in [3.8, 4) is 5.75 Å². The van der Waals surface area contributed by atoms with Gasteiger partial charge >= 0.3 is 0 Å². The molecule has 1 saturated heterocycles. The Labute approximate surface area is 151 Å². The lowest BCUT2D eigenvalue weighted by Crippen LogP contribution is -2.38. The Balaban J connectivity index is 1.53. The number of rotatable bonds is 5. The summed E-state index contributed by atoms with van der Waals surface area (Å²) in [5, 5.41) is 0. The van der Waals surface area contributed by atoms with Gasteiger partial charge in [-0.1, -0.05) is 13.0 Å². The molecule has 1 aromatic carbocycles. The molecular weight excluding hydrogens is 310 g/mol. The summed E-state index contributed by atoms with van der Waals surface area (Å²) in [5.74, 6) is 3.50. The average Bonchev–Trinajstić information content (AvgIpc) is 3.30. The summed E-state index contributed by atoms with van der Waals surface area (Å²) in [7, 11) is 1.76. The topological polar surface area (TPSA) is 25.6 Å². The highest BCUT2D eigenvalue weighted by atomic mass is 16.5. The van der Waals surface area contributed by atoms with Gasteiger partial charge in [0.05, 0.1) is 13.4 Å². The van der Waals surface area contributed by atoms with E-state index in [1.807, 2.05) is 6.07 Å². The zero-order chi connectivity index (χ0) is 17.2. The number of nitrogens with zero attached hydrogens (tertiary/aromatic N) is 1. The summed E-state index contributed by atoms with van der Waals surface area (Å²) in [6.07, 6.45) is 7.92. The zero-order valence-electron chi connectivity index (χ0n) is 15.4. The molecule has 134 valence electrons. The second-order valence-electron chi connectivity index (χ2n) is 7.79. The molecule has 1 aliphatic heterocycles. The lowest BCUT2D eigenvalue weighted by molar-refractivity contribution is 0.200. The van der Waals surface area contributed by atoms with Crippen LogP contribution in [-0.4, -0.2) is 31.1 Å². The van der Waals surface area contributed by atoms with Crippen LogP contribution in [0.25, 0.3) is 0 Å². The SMILES string of the molecule is COc1ccc2c(c1)CC(C)CC2C1CCCN1CCc1ccco1. The van der Waals surface area contributed by atoms with Gasteiger partial charge in [-0.25, -0.2) is 0 Å². The van der Waals surface area contributed by atoms with Crippen LogP contribution in [0.2, 0.25) is 0 Å². The summed E-state index contributed by atoms with van der Waals surface area (Å²) in [6, 6.07) is 11.5. The van der Waals surface area contributed by atoms with Crippen LogP contribution in [0.4, 0.5) is 0 Å². The Morgan fingerprint density at radius 2 is 2.20 bits per heavy atom. The first-order valence-electron chi connectivity index (χ1n) is 9.68. The largest absolute Gasteiger partial charge is 0.497 e. The Bertz CT molecular complexity index is 694. The molecule has 0 spiro atoms. The Morgan fingerprint density at radius 3 is 3.00 bits per heavy atom. The molecule has 0 radical (unpaired) electrons. The number of likely N-dealkylation sites (tertiary alicyclic amines) is 1. The minimum absolute atomic E-state index is 0.656. The maximum absolute atomic E-state index is 5.53. The molecule has 4 rings (SSSR count). The lowest BCUT2D eigenvalue weighted by Gasteiger charge is -2.38. The molecule has 3 nitrogen and oxygen atoms in total. The monoisotopic (exact) mass is 339 g/mol. The molecule has 2 heterocycles. The third-order valence-electron chi connectivity index (χ3n) is 6.08. The average molecular weight is 339 g/mol. The van der Waals surface area contributed by atoms with Crippen molar-refractivity contribution in [2.24, 2.45) is 5.92 Å². The van der Waals surface area contributed by atoms with Crippen LogP contribution in [0, 0.1) is 5.92 Å². The molecule has 3 unspecified atom stereocenters. The number of furan rings is 1. The van der Waals surface area contributed by atoms with Gasteiger partial charge in [0.2, 0.25) is 0 Å². The fourth-order valence-electron chi connectivity index (χ4n) is 4.92. The summed E-state index contributed by atoms with van der Waals surface area (Å²) >= 11 is 0. The molecule has 1 aliphatic carbocycles. The van der Waals surface area contributed by atoms with Crippen molar-refractivity contribution in [2.75, 3.05) is 20.2 Å².